The molecule has 0 saturated carbocycles. The van der Waals surface area contributed by atoms with Crippen molar-refractivity contribution in [2.75, 3.05) is 26.7 Å². The monoisotopic (exact) mass is 294 g/mol. The van der Waals surface area contributed by atoms with Crippen LogP contribution in [-0.4, -0.2) is 58.8 Å². The van der Waals surface area contributed by atoms with E-state index >= 15 is 0 Å². The molecule has 0 aliphatic rings. The lowest BCUT2D eigenvalue weighted by Crippen LogP contribution is -2.42. The van der Waals surface area contributed by atoms with Crippen molar-refractivity contribution in [3.05, 3.63) is 35.4 Å². The Balaban J connectivity index is 2.67. The van der Waals surface area contributed by atoms with Gasteiger partial charge in [0, 0.05) is 26.7 Å². The number of aromatic carboxylic acids is 1. The van der Waals surface area contributed by atoms with Crippen LogP contribution in [0.2, 0.25) is 0 Å². The van der Waals surface area contributed by atoms with Gasteiger partial charge in [-0.2, -0.15) is 0 Å². The smallest absolute Gasteiger partial charge is 0.335 e. The van der Waals surface area contributed by atoms with Gasteiger partial charge in [0.1, 0.15) is 0 Å². The number of urea groups is 1. The van der Waals surface area contributed by atoms with E-state index < -0.39 is 5.97 Å². The second kappa shape index (κ2) is 8.26. The van der Waals surface area contributed by atoms with Gasteiger partial charge in [-0.25, -0.2) is 9.59 Å². The number of nitrogens with zero attached hydrogens (tertiary/aromatic N) is 2. The second-order valence-corrected chi connectivity index (χ2v) is 4.85. The number of hydrogen-bond donors (Lipinski definition) is 2. The van der Waals surface area contributed by atoms with Gasteiger partial charge in [0.15, 0.2) is 0 Å². The van der Waals surface area contributed by atoms with Crippen molar-refractivity contribution >= 4 is 12.0 Å². The molecule has 0 bridgehead atoms. The van der Waals surface area contributed by atoms with Crippen LogP contribution >= 0.6 is 0 Å². The maximum atomic E-state index is 12.2. The van der Waals surface area contributed by atoms with Gasteiger partial charge >= 0.3 is 12.0 Å². The predicted molar refractivity (Wildman–Crippen MR) is 79.2 cm³/mol. The molecule has 2 N–H and O–H groups in total. The highest BCUT2D eigenvalue weighted by atomic mass is 16.4. The highest BCUT2D eigenvalue weighted by molar-refractivity contribution is 5.87. The normalized spacial score (nSPS) is 10.2. The van der Waals surface area contributed by atoms with E-state index in [4.69, 9.17) is 10.2 Å². The third-order valence-electron chi connectivity index (χ3n) is 3.08. The number of aliphatic hydroxyl groups excluding tert-OH is 1. The molecule has 2 amide bonds. The maximum Gasteiger partial charge on any atom is 0.335 e. The van der Waals surface area contributed by atoms with E-state index in [1.165, 1.54) is 12.1 Å². The van der Waals surface area contributed by atoms with Gasteiger partial charge < -0.3 is 20.0 Å². The molecule has 0 aliphatic carbocycles. The number of carbonyl (C=O) groups excluding carboxylic acids is 1. The molecule has 0 spiro atoms. The Morgan fingerprint density at radius 3 is 2.24 bits per heavy atom. The summed E-state index contributed by atoms with van der Waals surface area (Å²) in [5, 5.41) is 17.8. The summed E-state index contributed by atoms with van der Waals surface area (Å²) in [4.78, 5) is 26.2. The van der Waals surface area contributed by atoms with Crippen LogP contribution in [0, 0.1) is 0 Å². The lowest BCUT2D eigenvalue weighted by atomic mass is 10.1. The molecule has 1 aromatic rings. The lowest BCUT2D eigenvalue weighted by molar-refractivity contribution is 0.0696. The van der Waals surface area contributed by atoms with E-state index in [9.17, 15) is 9.59 Å². The Bertz CT molecular complexity index is 467. The van der Waals surface area contributed by atoms with Gasteiger partial charge in [-0.05, 0) is 24.1 Å². The number of amides is 2. The molecule has 0 fully saturated rings. The first-order chi connectivity index (χ1) is 9.99. The Morgan fingerprint density at radius 2 is 1.76 bits per heavy atom. The lowest BCUT2D eigenvalue weighted by Gasteiger charge is -2.27. The standard InChI is InChI=1S/C15H22N2O4/c1-3-8-17(9-10-18)15(21)16(2)11-12-4-6-13(7-5-12)14(19)20/h4-7,18H,3,8-11H2,1-2H3,(H,19,20). The number of benzene rings is 1. The third-order valence-corrected chi connectivity index (χ3v) is 3.08. The van der Waals surface area contributed by atoms with Crippen LogP contribution in [0.4, 0.5) is 4.79 Å². The molecular weight excluding hydrogens is 272 g/mol. The van der Waals surface area contributed by atoms with E-state index in [0.29, 0.717) is 19.6 Å². The molecule has 21 heavy (non-hydrogen) atoms. The molecule has 0 aliphatic heterocycles. The van der Waals surface area contributed by atoms with E-state index in [0.717, 1.165) is 12.0 Å². The summed E-state index contributed by atoms with van der Waals surface area (Å²) >= 11 is 0. The van der Waals surface area contributed by atoms with Crippen LogP contribution in [0.3, 0.4) is 0 Å². The van der Waals surface area contributed by atoms with Crippen LogP contribution in [-0.2, 0) is 6.54 Å². The van der Waals surface area contributed by atoms with E-state index in [-0.39, 0.29) is 18.2 Å². The van der Waals surface area contributed by atoms with E-state index in [1.54, 1.807) is 29.0 Å². The van der Waals surface area contributed by atoms with Crippen molar-refractivity contribution in [2.24, 2.45) is 0 Å². The zero-order valence-electron chi connectivity index (χ0n) is 12.5. The van der Waals surface area contributed by atoms with Crippen molar-refractivity contribution in [3.8, 4) is 0 Å². The number of carboxylic acids is 1. The largest absolute Gasteiger partial charge is 0.478 e. The third kappa shape index (κ3) is 5.07. The van der Waals surface area contributed by atoms with Crippen molar-refractivity contribution < 1.29 is 19.8 Å². The number of carbonyl (C=O) groups is 2. The van der Waals surface area contributed by atoms with Gasteiger partial charge in [0.05, 0.1) is 12.2 Å². The second-order valence-electron chi connectivity index (χ2n) is 4.85. The Morgan fingerprint density at radius 1 is 1.14 bits per heavy atom. The molecule has 1 rings (SSSR count). The summed E-state index contributed by atoms with van der Waals surface area (Å²) in [6, 6.07) is 6.29. The van der Waals surface area contributed by atoms with Crippen LogP contribution in [0.25, 0.3) is 0 Å². The molecule has 6 heteroatoms. The summed E-state index contributed by atoms with van der Waals surface area (Å²) in [5.74, 6) is -0.969. The summed E-state index contributed by atoms with van der Waals surface area (Å²) in [6.07, 6.45) is 0.826. The van der Waals surface area contributed by atoms with Gasteiger partial charge in [-0.3, -0.25) is 0 Å². The van der Waals surface area contributed by atoms with Crippen molar-refractivity contribution in [1.29, 1.82) is 0 Å². The molecule has 0 saturated heterocycles. The van der Waals surface area contributed by atoms with Crippen LogP contribution in [0.15, 0.2) is 24.3 Å². The highest BCUT2D eigenvalue weighted by Crippen LogP contribution is 2.09. The number of carboxylic acid groups (broad SMARTS) is 1. The first-order valence-corrected chi connectivity index (χ1v) is 6.92. The number of hydrogen-bond acceptors (Lipinski definition) is 3. The Hall–Kier alpha value is -2.08. The predicted octanol–water partition coefficient (Wildman–Crippen LogP) is 1.64. The zero-order chi connectivity index (χ0) is 15.8. The average molecular weight is 294 g/mol. The molecule has 116 valence electrons. The average Bonchev–Trinajstić information content (AvgIpc) is 2.46. The fourth-order valence-corrected chi connectivity index (χ4v) is 2.03. The van der Waals surface area contributed by atoms with Crippen LogP contribution in [0.5, 0.6) is 0 Å². The number of rotatable bonds is 7. The molecule has 1 aromatic carbocycles. The molecule has 0 unspecified atom stereocenters. The van der Waals surface area contributed by atoms with Crippen LogP contribution < -0.4 is 0 Å². The van der Waals surface area contributed by atoms with Gasteiger partial charge in [0.2, 0.25) is 0 Å². The van der Waals surface area contributed by atoms with Gasteiger partial charge in [-0.15, -0.1) is 0 Å². The molecule has 0 heterocycles. The van der Waals surface area contributed by atoms with Crippen molar-refractivity contribution in [3.63, 3.8) is 0 Å². The summed E-state index contributed by atoms with van der Waals surface area (Å²) in [6.45, 7) is 3.22. The summed E-state index contributed by atoms with van der Waals surface area (Å²) < 4.78 is 0. The van der Waals surface area contributed by atoms with Crippen LogP contribution in [0.1, 0.15) is 29.3 Å². The fourth-order valence-electron chi connectivity index (χ4n) is 2.03. The summed E-state index contributed by atoms with van der Waals surface area (Å²) in [7, 11) is 1.69. The van der Waals surface area contributed by atoms with E-state index in [2.05, 4.69) is 0 Å². The molecule has 0 aromatic heterocycles. The highest BCUT2D eigenvalue weighted by Gasteiger charge is 2.17. The van der Waals surface area contributed by atoms with Gasteiger partial charge in [0.25, 0.3) is 0 Å². The minimum absolute atomic E-state index is 0.0626. The zero-order valence-corrected chi connectivity index (χ0v) is 12.5. The molecular formula is C15H22N2O4. The minimum atomic E-state index is -0.969. The van der Waals surface area contributed by atoms with Gasteiger partial charge in [-0.1, -0.05) is 19.1 Å². The fraction of sp³-hybridized carbons (Fsp3) is 0.467. The number of aliphatic hydroxyl groups is 1. The van der Waals surface area contributed by atoms with Crippen molar-refractivity contribution in [1.82, 2.24) is 9.80 Å². The molecule has 0 atom stereocenters. The SMILES string of the molecule is CCCN(CCO)C(=O)N(C)Cc1ccc(C(=O)O)cc1. The Kier molecular flexibility index (Phi) is 6.68. The van der Waals surface area contributed by atoms with E-state index in [1.807, 2.05) is 6.92 Å². The summed E-state index contributed by atoms with van der Waals surface area (Å²) in [5.41, 5.74) is 1.08. The molecule has 0 radical (unpaired) electrons. The first kappa shape index (κ1) is 17.0. The molecule has 6 nitrogen and oxygen atoms in total. The minimum Gasteiger partial charge on any atom is -0.478 e. The topological polar surface area (TPSA) is 81.1 Å². The first-order valence-electron chi connectivity index (χ1n) is 6.92. The van der Waals surface area contributed by atoms with Crippen molar-refractivity contribution in [2.45, 2.75) is 19.9 Å². The quantitative estimate of drug-likeness (QED) is 0.801. The maximum absolute atomic E-state index is 12.2. The Labute approximate surface area is 124 Å².